The number of rotatable bonds is 5. The van der Waals surface area contributed by atoms with E-state index >= 15 is 0 Å². The highest BCUT2D eigenvalue weighted by Crippen LogP contribution is 2.37. The fourth-order valence-corrected chi connectivity index (χ4v) is 3.94. The molecule has 2 aromatic rings. The molecular weight excluding hydrogens is 374 g/mol. The van der Waals surface area contributed by atoms with Gasteiger partial charge in [0.1, 0.15) is 6.61 Å². The average molecular weight is 397 g/mol. The molecule has 5 rings (SSSR count). The Labute approximate surface area is 169 Å². The molecule has 2 aromatic carbocycles. The third-order valence-electron chi connectivity index (χ3n) is 5.42. The Hall–Kier alpha value is -2.93. The SMILES string of the molecule is O=C([C@H]1CCOC1)N(Cc1cccc2c1OCO2)C[C@@H]1COc2ccccc2O1. The van der Waals surface area contributed by atoms with Gasteiger partial charge in [-0.25, -0.2) is 0 Å². The predicted octanol–water partition coefficient (Wildman–Crippen LogP) is 2.62. The number of amides is 1. The van der Waals surface area contributed by atoms with Crippen molar-refractivity contribution < 1.29 is 28.5 Å². The van der Waals surface area contributed by atoms with Crippen LogP contribution in [0.25, 0.3) is 0 Å². The number of hydrogen-bond donors (Lipinski definition) is 0. The monoisotopic (exact) mass is 397 g/mol. The summed E-state index contributed by atoms with van der Waals surface area (Å²) in [7, 11) is 0. The molecule has 152 valence electrons. The van der Waals surface area contributed by atoms with E-state index in [1.54, 1.807) is 0 Å². The Balaban J connectivity index is 1.36. The summed E-state index contributed by atoms with van der Waals surface area (Å²) in [5.74, 6) is 2.81. The molecule has 2 atom stereocenters. The van der Waals surface area contributed by atoms with Crippen LogP contribution in [0.2, 0.25) is 0 Å². The fourth-order valence-electron chi connectivity index (χ4n) is 3.94. The minimum absolute atomic E-state index is 0.0708. The summed E-state index contributed by atoms with van der Waals surface area (Å²) < 4.78 is 28.5. The van der Waals surface area contributed by atoms with Crippen LogP contribution in [0.4, 0.5) is 0 Å². The van der Waals surface area contributed by atoms with Gasteiger partial charge in [0.2, 0.25) is 12.7 Å². The van der Waals surface area contributed by atoms with Crippen molar-refractivity contribution in [2.24, 2.45) is 5.92 Å². The van der Waals surface area contributed by atoms with E-state index in [-0.39, 0.29) is 24.7 Å². The van der Waals surface area contributed by atoms with E-state index < -0.39 is 0 Å². The van der Waals surface area contributed by atoms with Crippen LogP contribution in [0.5, 0.6) is 23.0 Å². The van der Waals surface area contributed by atoms with Gasteiger partial charge in [0.25, 0.3) is 0 Å². The molecule has 0 spiro atoms. The van der Waals surface area contributed by atoms with Gasteiger partial charge in [-0.3, -0.25) is 4.79 Å². The Kier molecular flexibility index (Phi) is 4.89. The van der Waals surface area contributed by atoms with Crippen LogP contribution in [-0.2, 0) is 16.1 Å². The Morgan fingerprint density at radius 2 is 1.83 bits per heavy atom. The van der Waals surface area contributed by atoms with Crippen molar-refractivity contribution in [1.29, 1.82) is 0 Å². The van der Waals surface area contributed by atoms with Gasteiger partial charge in [-0.05, 0) is 24.6 Å². The van der Waals surface area contributed by atoms with Gasteiger partial charge in [-0.1, -0.05) is 24.3 Å². The van der Waals surface area contributed by atoms with Crippen molar-refractivity contribution >= 4 is 5.91 Å². The van der Waals surface area contributed by atoms with Gasteiger partial charge in [-0.15, -0.1) is 0 Å². The lowest BCUT2D eigenvalue weighted by Gasteiger charge is -2.32. The summed E-state index contributed by atoms with van der Waals surface area (Å²) in [5.41, 5.74) is 0.921. The molecule has 3 aliphatic rings. The molecule has 7 heteroatoms. The van der Waals surface area contributed by atoms with Crippen LogP contribution in [0.1, 0.15) is 12.0 Å². The van der Waals surface area contributed by atoms with Crippen molar-refractivity contribution in [2.75, 3.05) is 33.2 Å². The topological polar surface area (TPSA) is 66.5 Å². The first kappa shape index (κ1) is 18.1. The van der Waals surface area contributed by atoms with Crippen LogP contribution >= 0.6 is 0 Å². The first-order valence-electron chi connectivity index (χ1n) is 9.90. The first-order chi connectivity index (χ1) is 14.3. The summed E-state index contributed by atoms with van der Waals surface area (Å²) in [6, 6.07) is 13.3. The van der Waals surface area contributed by atoms with Crippen molar-refractivity contribution in [1.82, 2.24) is 4.90 Å². The Bertz CT molecular complexity index is 895. The zero-order chi connectivity index (χ0) is 19.6. The molecule has 0 N–H and O–H groups in total. The number of fused-ring (bicyclic) bond motifs is 2. The number of hydrogen-bond acceptors (Lipinski definition) is 6. The van der Waals surface area contributed by atoms with E-state index in [0.29, 0.717) is 50.2 Å². The highest BCUT2D eigenvalue weighted by molar-refractivity contribution is 5.79. The minimum atomic E-state index is -0.245. The number of nitrogens with zero attached hydrogens (tertiary/aromatic N) is 1. The summed E-state index contributed by atoms with van der Waals surface area (Å²) in [5, 5.41) is 0. The second kappa shape index (κ2) is 7.83. The molecule has 1 saturated heterocycles. The van der Waals surface area contributed by atoms with Gasteiger partial charge in [0.05, 0.1) is 19.1 Å². The standard InChI is InChI=1S/C22H23NO6/c24-22(16-8-9-25-12-16)23(10-15-4-3-7-20-21(15)28-14-27-20)11-17-13-26-18-5-1-2-6-19(18)29-17/h1-7,16-17H,8-14H2/t16-,17+/m0/s1. The third-order valence-corrected chi connectivity index (χ3v) is 5.42. The molecule has 0 saturated carbocycles. The first-order valence-corrected chi connectivity index (χ1v) is 9.90. The quantitative estimate of drug-likeness (QED) is 0.773. The maximum atomic E-state index is 13.2. The molecule has 0 aliphatic carbocycles. The molecule has 0 aromatic heterocycles. The highest BCUT2D eigenvalue weighted by Gasteiger charge is 2.32. The summed E-state index contributed by atoms with van der Waals surface area (Å²) in [6.07, 6.45) is 0.497. The smallest absolute Gasteiger partial charge is 0.231 e. The van der Waals surface area contributed by atoms with Crippen molar-refractivity contribution in [3.8, 4) is 23.0 Å². The highest BCUT2D eigenvalue weighted by atomic mass is 16.7. The van der Waals surface area contributed by atoms with E-state index in [1.165, 1.54) is 0 Å². The average Bonchev–Trinajstić information content (AvgIpc) is 3.45. The summed E-state index contributed by atoms with van der Waals surface area (Å²) in [4.78, 5) is 15.1. The fraction of sp³-hybridized carbons (Fsp3) is 0.409. The van der Waals surface area contributed by atoms with Crippen LogP contribution in [0.15, 0.2) is 42.5 Å². The largest absolute Gasteiger partial charge is 0.486 e. The van der Waals surface area contributed by atoms with Crippen molar-refractivity contribution in [3.63, 3.8) is 0 Å². The summed E-state index contributed by atoms with van der Waals surface area (Å²) >= 11 is 0. The van der Waals surface area contributed by atoms with Crippen LogP contribution in [-0.4, -0.2) is 50.1 Å². The molecule has 0 radical (unpaired) electrons. The van der Waals surface area contributed by atoms with Crippen LogP contribution < -0.4 is 18.9 Å². The normalized spacial score (nSPS) is 21.8. The van der Waals surface area contributed by atoms with Gasteiger partial charge in [0, 0.05) is 18.7 Å². The number of benzene rings is 2. The third kappa shape index (κ3) is 3.70. The predicted molar refractivity (Wildman–Crippen MR) is 103 cm³/mol. The van der Waals surface area contributed by atoms with Gasteiger partial charge in [0.15, 0.2) is 29.1 Å². The number of ether oxygens (including phenoxy) is 5. The number of carbonyl (C=O) groups excluding carboxylic acids is 1. The van der Waals surface area contributed by atoms with E-state index in [2.05, 4.69) is 0 Å². The van der Waals surface area contributed by atoms with E-state index in [4.69, 9.17) is 23.7 Å². The second-order valence-corrected chi connectivity index (χ2v) is 7.43. The Morgan fingerprint density at radius 3 is 2.69 bits per heavy atom. The lowest BCUT2D eigenvalue weighted by molar-refractivity contribution is -0.137. The van der Waals surface area contributed by atoms with E-state index in [9.17, 15) is 4.79 Å². The van der Waals surface area contributed by atoms with Crippen molar-refractivity contribution in [3.05, 3.63) is 48.0 Å². The molecule has 3 aliphatic heterocycles. The molecule has 0 unspecified atom stereocenters. The lowest BCUT2D eigenvalue weighted by Crippen LogP contribution is -2.45. The maximum absolute atomic E-state index is 13.2. The number of carbonyl (C=O) groups is 1. The zero-order valence-electron chi connectivity index (χ0n) is 16.0. The van der Waals surface area contributed by atoms with Gasteiger partial charge < -0.3 is 28.6 Å². The minimum Gasteiger partial charge on any atom is -0.486 e. The molecule has 1 amide bonds. The molecular formula is C22H23NO6. The Morgan fingerprint density at radius 1 is 0.966 bits per heavy atom. The lowest BCUT2D eigenvalue weighted by atomic mass is 10.1. The van der Waals surface area contributed by atoms with E-state index in [1.807, 2.05) is 47.4 Å². The molecule has 7 nitrogen and oxygen atoms in total. The maximum Gasteiger partial charge on any atom is 0.231 e. The van der Waals surface area contributed by atoms with Crippen molar-refractivity contribution in [2.45, 2.75) is 19.1 Å². The van der Waals surface area contributed by atoms with Gasteiger partial charge in [-0.2, -0.15) is 0 Å². The van der Waals surface area contributed by atoms with Crippen LogP contribution in [0, 0.1) is 5.92 Å². The van der Waals surface area contributed by atoms with E-state index in [0.717, 1.165) is 17.7 Å². The van der Waals surface area contributed by atoms with Crippen LogP contribution in [0.3, 0.4) is 0 Å². The van der Waals surface area contributed by atoms with Gasteiger partial charge >= 0.3 is 0 Å². The molecule has 1 fully saturated rings. The number of para-hydroxylation sites is 3. The zero-order valence-corrected chi connectivity index (χ0v) is 16.0. The summed E-state index contributed by atoms with van der Waals surface area (Å²) in [6.45, 7) is 2.53. The second-order valence-electron chi connectivity index (χ2n) is 7.43. The molecule has 0 bridgehead atoms. The molecule has 3 heterocycles. The molecule has 29 heavy (non-hydrogen) atoms.